The van der Waals surface area contributed by atoms with Gasteiger partial charge in [-0.2, -0.15) is 0 Å². The third-order valence-corrected chi connectivity index (χ3v) is 5.93. The molecule has 6 heteroatoms. The van der Waals surface area contributed by atoms with Crippen molar-refractivity contribution in [3.63, 3.8) is 0 Å². The number of methoxy groups -OCH3 is 1. The van der Waals surface area contributed by atoms with Crippen molar-refractivity contribution in [2.24, 2.45) is 0 Å². The van der Waals surface area contributed by atoms with E-state index in [1.165, 1.54) is 5.57 Å². The first-order valence-electron chi connectivity index (χ1n) is 12.4. The monoisotopic (exact) mass is 489 g/mol. The largest absolute Gasteiger partial charge is 0.492 e. The smallest absolute Gasteiger partial charge is 0.231 e. The van der Waals surface area contributed by atoms with Gasteiger partial charge in [0, 0.05) is 19.7 Å². The molecule has 1 N–H and O–H groups in total. The second-order valence-electron chi connectivity index (χ2n) is 8.83. The normalized spacial score (nSPS) is 13.0. The maximum Gasteiger partial charge on any atom is 0.231 e. The number of allylic oxidation sites excluding steroid dienone is 1. The average molecular weight is 490 g/mol. The Labute approximate surface area is 213 Å². The van der Waals surface area contributed by atoms with Crippen molar-refractivity contribution < 1.29 is 23.7 Å². The fourth-order valence-electron chi connectivity index (χ4n) is 4.20. The first-order valence-corrected chi connectivity index (χ1v) is 12.4. The Kier molecular flexibility index (Phi) is 8.87. The highest BCUT2D eigenvalue weighted by atomic mass is 16.7. The van der Waals surface area contributed by atoms with Crippen LogP contribution in [0.25, 0.3) is 11.1 Å². The molecule has 0 bridgehead atoms. The standard InChI is InChI=1S/C30H35NO5/c1-5-27(24-10-15-28-29(18-24)36-20-35-28)30(23-8-13-26(14-9-23)34-19-32-4)22-6-11-25(12-7-22)33-17-16-31-21(2)3/h6-15,18,21,31H,5,16-17,19-20H2,1-4H3/b30-27+. The Morgan fingerprint density at radius 2 is 1.44 bits per heavy atom. The van der Waals surface area contributed by atoms with Gasteiger partial charge in [-0.05, 0) is 70.7 Å². The number of hydrogen-bond acceptors (Lipinski definition) is 6. The summed E-state index contributed by atoms with van der Waals surface area (Å²) in [5, 5.41) is 3.37. The zero-order valence-electron chi connectivity index (χ0n) is 21.5. The van der Waals surface area contributed by atoms with E-state index in [-0.39, 0.29) is 13.6 Å². The Morgan fingerprint density at radius 1 is 0.833 bits per heavy atom. The summed E-state index contributed by atoms with van der Waals surface area (Å²) in [7, 11) is 1.61. The lowest BCUT2D eigenvalue weighted by molar-refractivity contribution is 0.0511. The Morgan fingerprint density at radius 3 is 2.06 bits per heavy atom. The predicted octanol–water partition coefficient (Wildman–Crippen LogP) is 6.14. The minimum Gasteiger partial charge on any atom is -0.492 e. The molecule has 0 unspecified atom stereocenters. The van der Waals surface area contributed by atoms with Crippen molar-refractivity contribution in [3.05, 3.63) is 83.4 Å². The van der Waals surface area contributed by atoms with Gasteiger partial charge in [-0.1, -0.05) is 51.1 Å². The summed E-state index contributed by atoms with van der Waals surface area (Å²) in [5.74, 6) is 3.18. The van der Waals surface area contributed by atoms with Crippen LogP contribution in [0, 0.1) is 0 Å². The third kappa shape index (κ3) is 6.39. The lowest BCUT2D eigenvalue weighted by atomic mass is 9.88. The molecule has 0 aliphatic carbocycles. The summed E-state index contributed by atoms with van der Waals surface area (Å²) in [6, 6.07) is 23.0. The van der Waals surface area contributed by atoms with E-state index in [1.54, 1.807) is 7.11 Å². The van der Waals surface area contributed by atoms with Crippen molar-refractivity contribution in [1.29, 1.82) is 0 Å². The highest BCUT2D eigenvalue weighted by molar-refractivity contribution is 5.99. The number of hydrogen-bond donors (Lipinski definition) is 1. The van der Waals surface area contributed by atoms with Gasteiger partial charge >= 0.3 is 0 Å². The zero-order chi connectivity index (χ0) is 25.3. The minimum absolute atomic E-state index is 0.216. The second kappa shape index (κ2) is 12.5. The van der Waals surface area contributed by atoms with E-state index in [4.69, 9.17) is 23.7 Å². The lowest BCUT2D eigenvalue weighted by Crippen LogP contribution is -2.27. The quantitative estimate of drug-likeness (QED) is 0.187. The van der Waals surface area contributed by atoms with E-state index < -0.39 is 0 Å². The van der Waals surface area contributed by atoms with E-state index in [1.807, 2.05) is 30.3 Å². The molecule has 36 heavy (non-hydrogen) atoms. The molecular weight excluding hydrogens is 454 g/mol. The van der Waals surface area contributed by atoms with Crippen molar-refractivity contribution in [1.82, 2.24) is 5.32 Å². The maximum atomic E-state index is 5.93. The Bertz CT molecular complexity index is 1150. The number of rotatable bonds is 12. The summed E-state index contributed by atoms with van der Waals surface area (Å²) in [5.41, 5.74) is 5.69. The van der Waals surface area contributed by atoms with E-state index in [2.05, 4.69) is 62.5 Å². The molecule has 6 nitrogen and oxygen atoms in total. The molecule has 3 aromatic carbocycles. The van der Waals surface area contributed by atoms with Crippen LogP contribution in [0.3, 0.4) is 0 Å². The van der Waals surface area contributed by atoms with Crippen molar-refractivity contribution in [3.8, 4) is 23.0 Å². The maximum absolute atomic E-state index is 5.93. The van der Waals surface area contributed by atoms with Crippen LogP contribution in [0.4, 0.5) is 0 Å². The molecule has 0 radical (unpaired) electrons. The molecule has 0 saturated carbocycles. The van der Waals surface area contributed by atoms with Crippen molar-refractivity contribution in [2.45, 2.75) is 33.2 Å². The van der Waals surface area contributed by atoms with Gasteiger partial charge in [-0.3, -0.25) is 0 Å². The molecule has 0 fully saturated rings. The number of benzene rings is 3. The summed E-state index contributed by atoms with van der Waals surface area (Å²) in [6.07, 6.45) is 0.843. The van der Waals surface area contributed by atoms with E-state index in [9.17, 15) is 0 Å². The van der Waals surface area contributed by atoms with Crippen molar-refractivity contribution in [2.75, 3.05) is 33.8 Å². The summed E-state index contributed by atoms with van der Waals surface area (Å²) in [4.78, 5) is 0. The molecule has 1 aliphatic heterocycles. The molecule has 3 aromatic rings. The van der Waals surface area contributed by atoms with E-state index in [0.29, 0.717) is 12.6 Å². The van der Waals surface area contributed by atoms with Crippen LogP contribution >= 0.6 is 0 Å². The van der Waals surface area contributed by atoms with E-state index in [0.717, 1.165) is 58.2 Å². The van der Waals surface area contributed by atoms with Crippen molar-refractivity contribution >= 4 is 11.1 Å². The number of fused-ring (bicyclic) bond motifs is 1. The van der Waals surface area contributed by atoms with Gasteiger partial charge in [0.25, 0.3) is 0 Å². The molecule has 4 rings (SSSR count). The molecule has 0 saturated heterocycles. The molecule has 0 atom stereocenters. The predicted molar refractivity (Wildman–Crippen MR) is 143 cm³/mol. The SMILES string of the molecule is CC/C(=C(/c1ccc(OCCNC(C)C)cc1)c1ccc(OCOC)cc1)c1ccc2c(c1)OCO2. The van der Waals surface area contributed by atoms with Crippen LogP contribution in [-0.2, 0) is 4.74 Å². The molecule has 0 amide bonds. The third-order valence-electron chi connectivity index (χ3n) is 5.93. The van der Waals surface area contributed by atoms with Crippen LogP contribution in [0.5, 0.6) is 23.0 Å². The van der Waals surface area contributed by atoms with Crippen LogP contribution in [0.15, 0.2) is 66.7 Å². The van der Waals surface area contributed by atoms with Gasteiger partial charge in [-0.15, -0.1) is 0 Å². The molecule has 1 aliphatic rings. The second-order valence-corrected chi connectivity index (χ2v) is 8.83. The van der Waals surface area contributed by atoms with Crippen LogP contribution < -0.4 is 24.3 Å². The fraction of sp³-hybridized carbons (Fsp3) is 0.333. The fourth-order valence-corrected chi connectivity index (χ4v) is 4.20. The number of ether oxygens (including phenoxy) is 5. The summed E-state index contributed by atoms with van der Waals surface area (Å²) >= 11 is 0. The highest BCUT2D eigenvalue weighted by Crippen LogP contribution is 2.40. The molecule has 0 aromatic heterocycles. The van der Waals surface area contributed by atoms with Crippen LogP contribution in [0.2, 0.25) is 0 Å². The van der Waals surface area contributed by atoms with Gasteiger partial charge in [0.2, 0.25) is 6.79 Å². The first kappa shape index (κ1) is 25.6. The van der Waals surface area contributed by atoms with Gasteiger partial charge in [0.05, 0.1) is 0 Å². The topological polar surface area (TPSA) is 58.2 Å². The summed E-state index contributed by atoms with van der Waals surface area (Å²) in [6.45, 7) is 8.35. The molecule has 190 valence electrons. The minimum atomic E-state index is 0.216. The molecule has 0 spiro atoms. The van der Waals surface area contributed by atoms with Crippen LogP contribution in [-0.4, -0.2) is 39.9 Å². The van der Waals surface area contributed by atoms with Gasteiger partial charge in [0.15, 0.2) is 18.3 Å². The van der Waals surface area contributed by atoms with Gasteiger partial charge in [0.1, 0.15) is 18.1 Å². The Balaban J connectivity index is 1.69. The van der Waals surface area contributed by atoms with Crippen LogP contribution in [0.1, 0.15) is 43.9 Å². The molecule has 1 heterocycles. The lowest BCUT2D eigenvalue weighted by Gasteiger charge is -2.18. The summed E-state index contributed by atoms with van der Waals surface area (Å²) < 4.78 is 27.8. The molecular formula is C30H35NO5. The first-order chi connectivity index (χ1) is 17.6. The van der Waals surface area contributed by atoms with E-state index >= 15 is 0 Å². The average Bonchev–Trinajstić information content (AvgIpc) is 3.37. The highest BCUT2D eigenvalue weighted by Gasteiger charge is 2.18. The zero-order valence-corrected chi connectivity index (χ0v) is 21.5. The van der Waals surface area contributed by atoms with Gasteiger partial charge < -0.3 is 29.0 Å². The Hall–Kier alpha value is -3.48. The number of nitrogens with one attached hydrogen (secondary N) is 1. The van der Waals surface area contributed by atoms with Gasteiger partial charge in [-0.25, -0.2) is 0 Å².